The van der Waals surface area contributed by atoms with Crippen LogP contribution in [-0.4, -0.2) is 38.7 Å². The first kappa shape index (κ1) is 11.1. The molecule has 0 amide bonds. The minimum absolute atomic E-state index is 0.0517. The Morgan fingerprint density at radius 1 is 1.62 bits per heavy atom. The Balaban J connectivity index is 2.06. The topological polar surface area (TPSA) is 80.0 Å². The molecule has 1 aromatic rings. The van der Waals surface area contributed by atoms with Gasteiger partial charge < -0.3 is 10.4 Å². The van der Waals surface area contributed by atoms with Gasteiger partial charge in [0, 0.05) is 6.04 Å². The molecule has 0 bridgehead atoms. The first-order valence-corrected chi connectivity index (χ1v) is 5.55. The van der Waals surface area contributed by atoms with Gasteiger partial charge in [0.1, 0.15) is 0 Å². The molecular formula is C10H16N4O2. The Labute approximate surface area is 93.6 Å². The van der Waals surface area contributed by atoms with Crippen molar-refractivity contribution in [2.24, 2.45) is 0 Å². The molecule has 0 saturated carbocycles. The highest BCUT2D eigenvalue weighted by Gasteiger charge is 2.18. The van der Waals surface area contributed by atoms with E-state index in [0.717, 1.165) is 13.0 Å². The number of aromatic nitrogens is 3. The molecule has 1 atom stereocenters. The molecule has 1 aromatic heterocycles. The van der Waals surface area contributed by atoms with E-state index in [1.165, 1.54) is 12.8 Å². The van der Waals surface area contributed by atoms with E-state index in [2.05, 4.69) is 15.6 Å². The minimum Gasteiger partial charge on any atom is -0.476 e. The molecule has 1 fully saturated rings. The van der Waals surface area contributed by atoms with Crippen LogP contribution >= 0.6 is 0 Å². The average molecular weight is 224 g/mol. The van der Waals surface area contributed by atoms with Crippen molar-refractivity contribution in [3.05, 3.63) is 11.4 Å². The third-order valence-electron chi connectivity index (χ3n) is 2.99. The van der Waals surface area contributed by atoms with Crippen LogP contribution in [0.4, 0.5) is 0 Å². The maximum absolute atomic E-state index is 10.8. The molecule has 2 N–H and O–H groups in total. The van der Waals surface area contributed by atoms with Crippen molar-refractivity contribution in [2.45, 2.75) is 38.8 Å². The van der Waals surface area contributed by atoms with Crippen LogP contribution < -0.4 is 5.32 Å². The number of aromatic carboxylic acids is 1. The zero-order chi connectivity index (χ0) is 11.5. The summed E-state index contributed by atoms with van der Waals surface area (Å²) in [6.07, 6.45) is 3.55. The zero-order valence-corrected chi connectivity index (χ0v) is 9.31. The molecule has 1 aliphatic heterocycles. The lowest BCUT2D eigenvalue weighted by Crippen LogP contribution is -2.37. The summed E-state index contributed by atoms with van der Waals surface area (Å²) in [4.78, 5) is 10.8. The van der Waals surface area contributed by atoms with Gasteiger partial charge in [-0.1, -0.05) is 11.6 Å². The number of hydrogen-bond acceptors (Lipinski definition) is 4. The van der Waals surface area contributed by atoms with Gasteiger partial charge >= 0.3 is 5.97 Å². The van der Waals surface area contributed by atoms with Gasteiger partial charge in [0.25, 0.3) is 0 Å². The van der Waals surface area contributed by atoms with Gasteiger partial charge in [-0.15, -0.1) is 5.10 Å². The lowest BCUT2D eigenvalue weighted by Gasteiger charge is -2.23. The monoisotopic (exact) mass is 224 g/mol. The van der Waals surface area contributed by atoms with Crippen LogP contribution in [0, 0.1) is 6.92 Å². The number of nitrogens with zero attached hydrogens (tertiary/aromatic N) is 3. The number of hydrogen-bond donors (Lipinski definition) is 2. The quantitative estimate of drug-likeness (QED) is 0.778. The molecular weight excluding hydrogens is 208 g/mol. The Morgan fingerprint density at radius 2 is 2.44 bits per heavy atom. The molecule has 88 valence electrons. The standard InChI is InChI=1S/C10H16N4O2/c1-7-9(10(15)16)12-13-14(7)6-8-4-2-3-5-11-8/h8,11H,2-6H2,1H3,(H,15,16). The lowest BCUT2D eigenvalue weighted by atomic mass is 10.1. The molecule has 6 nitrogen and oxygen atoms in total. The second kappa shape index (κ2) is 4.61. The van der Waals surface area contributed by atoms with Gasteiger partial charge in [0.15, 0.2) is 5.69 Å². The summed E-state index contributed by atoms with van der Waals surface area (Å²) in [5, 5.41) is 19.8. The number of carboxylic acid groups (broad SMARTS) is 1. The van der Waals surface area contributed by atoms with E-state index in [1.807, 2.05) is 0 Å². The fourth-order valence-corrected chi connectivity index (χ4v) is 2.02. The van der Waals surface area contributed by atoms with Crippen molar-refractivity contribution < 1.29 is 9.90 Å². The van der Waals surface area contributed by atoms with Gasteiger partial charge in [0.05, 0.1) is 12.2 Å². The van der Waals surface area contributed by atoms with Crippen LogP contribution in [0.15, 0.2) is 0 Å². The van der Waals surface area contributed by atoms with E-state index in [0.29, 0.717) is 18.3 Å². The summed E-state index contributed by atoms with van der Waals surface area (Å²) in [6, 6.07) is 0.385. The van der Waals surface area contributed by atoms with Gasteiger partial charge in [-0.3, -0.25) is 0 Å². The third-order valence-corrected chi connectivity index (χ3v) is 2.99. The second-order valence-corrected chi connectivity index (χ2v) is 4.16. The van der Waals surface area contributed by atoms with Crippen LogP contribution in [0.2, 0.25) is 0 Å². The molecule has 1 saturated heterocycles. The number of nitrogens with one attached hydrogen (secondary N) is 1. The van der Waals surface area contributed by atoms with Gasteiger partial charge in [0.2, 0.25) is 0 Å². The van der Waals surface area contributed by atoms with Crippen LogP contribution in [0.25, 0.3) is 0 Å². The summed E-state index contributed by atoms with van der Waals surface area (Å²) in [6.45, 7) is 3.47. The Kier molecular flexibility index (Phi) is 3.19. The molecule has 2 heterocycles. The summed E-state index contributed by atoms with van der Waals surface area (Å²) < 4.78 is 1.67. The maximum atomic E-state index is 10.8. The number of rotatable bonds is 3. The van der Waals surface area contributed by atoms with E-state index in [1.54, 1.807) is 11.6 Å². The third kappa shape index (κ3) is 2.21. The van der Waals surface area contributed by atoms with Gasteiger partial charge in [-0.2, -0.15) is 0 Å². The van der Waals surface area contributed by atoms with E-state index in [-0.39, 0.29) is 5.69 Å². The molecule has 0 aliphatic carbocycles. The summed E-state index contributed by atoms with van der Waals surface area (Å²) >= 11 is 0. The largest absolute Gasteiger partial charge is 0.476 e. The zero-order valence-electron chi connectivity index (χ0n) is 9.31. The highest BCUT2D eigenvalue weighted by atomic mass is 16.4. The molecule has 2 rings (SSSR count). The Morgan fingerprint density at radius 3 is 3.00 bits per heavy atom. The summed E-state index contributed by atoms with van der Waals surface area (Å²) in [5.41, 5.74) is 0.677. The second-order valence-electron chi connectivity index (χ2n) is 4.16. The Bertz CT molecular complexity index is 382. The van der Waals surface area contributed by atoms with E-state index in [9.17, 15) is 4.79 Å². The Hall–Kier alpha value is -1.43. The fourth-order valence-electron chi connectivity index (χ4n) is 2.02. The molecule has 16 heavy (non-hydrogen) atoms. The van der Waals surface area contributed by atoms with Crippen LogP contribution in [-0.2, 0) is 6.54 Å². The van der Waals surface area contributed by atoms with Crippen LogP contribution in [0.1, 0.15) is 35.4 Å². The highest BCUT2D eigenvalue weighted by Crippen LogP contribution is 2.11. The van der Waals surface area contributed by atoms with Crippen molar-refractivity contribution in [2.75, 3.05) is 6.54 Å². The smallest absolute Gasteiger partial charge is 0.358 e. The fraction of sp³-hybridized carbons (Fsp3) is 0.700. The molecule has 1 unspecified atom stereocenters. The number of piperidine rings is 1. The first-order chi connectivity index (χ1) is 7.68. The SMILES string of the molecule is Cc1c(C(=O)O)nnn1CC1CCCCN1. The molecule has 1 aliphatic rings. The first-order valence-electron chi connectivity index (χ1n) is 5.55. The average Bonchev–Trinajstić information content (AvgIpc) is 2.62. The molecule has 6 heteroatoms. The van der Waals surface area contributed by atoms with Crippen molar-refractivity contribution in [3.63, 3.8) is 0 Å². The minimum atomic E-state index is -1.01. The van der Waals surface area contributed by atoms with E-state index < -0.39 is 5.97 Å². The number of carboxylic acids is 1. The number of carbonyl (C=O) groups is 1. The van der Waals surface area contributed by atoms with E-state index in [4.69, 9.17) is 5.11 Å². The van der Waals surface area contributed by atoms with Gasteiger partial charge in [-0.25, -0.2) is 9.48 Å². The van der Waals surface area contributed by atoms with Crippen molar-refractivity contribution in [1.29, 1.82) is 0 Å². The van der Waals surface area contributed by atoms with E-state index >= 15 is 0 Å². The molecule has 0 radical (unpaired) electrons. The summed E-state index contributed by atoms with van der Waals surface area (Å²) in [5.74, 6) is -1.01. The molecule has 0 spiro atoms. The van der Waals surface area contributed by atoms with Gasteiger partial charge in [-0.05, 0) is 26.3 Å². The summed E-state index contributed by atoms with van der Waals surface area (Å²) in [7, 11) is 0. The highest BCUT2D eigenvalue weighted by molar-refractivity contribution is 5.86. The van der Waals surface area contributed by atoms with Crippen molar-refractivity contribution in [1.82, 2.24) is 20.3 Å². The van der Waals surface area contributed by atoms with Crippen molar-refractivity contribution in [3.8, 4) is 0 Å². The predicted octanol–water partition coefficient (Wildman–Crippen LogP) is 0.427. The lowest BCUT2D eigenvalue weighted by molar-refractivity contribution is 0.0689. The predicted molar refractivity (Wildman–Crippen MR) is 57.4 cm³/mol. The van der Waals surface area contributed by atoms with Crippen LogP contribution in [0.3, 0.4) is 0 Å². The van der Waals surface area contributed by atoms with Crippen LogP contribution in [0.5, 0.6) is 0 Å². The maximum Gasteiger partial charge on any atom is 0.358 e. The van der Waals surface area contributed by atoms with Crippen molar-refractivity contribution >= 4 is 5.97 Å². The normalized spacial score (nSPS) is 20.9. The molecule has 0 aromatic carbocycles.